The summed E-state index contributed by atoms with van der Waals surface area (Å²) in [4.78, 5) is 0. The van der Waals surface area contributed by atoms with E-state index in [1.807, 2.05) is 54.6 Å². The van der Waals surface area contributed by atoms with E-state index in [4.69, 9.17) is 21.8 Å². The van der Waals surface area contributed by atoms with Crippen LogP contribution in [0.4, 0.5) is 0 Å². The molecule has 1 aromatic heterocycles. The summed E-state index contributed by atoms with van der Waals surface area (Å²) in [5, 5.41) is 1.90. The molecule has 0 aliphatic carbocycles. The van der Waals surface area contributed by atoms with Crippen LogP contribution in [0.3, 0.4) is 0 Å². The molecule has 0 saturated heterocycles. The molecule has 1 unspecified atom stereocenters. The van der Waals surface area contributed by atoms with Crippen molar-refractivity contribution >= 4 is 34.3 Å². The van der Waals surface area contributed by atoms with E-state index in [0.717, 1.165) is 38.8 Å². The molecule has 1 heterocycles. The Hall–Kier alpha value is -1.42. The maximum absolute atomic E-state index is 6.21. The van der Waals surface area contributed by atoms with Crippen LogP contribution in [0.1, 0.15) is 17.4 Å². The third-order valence-corrected chi connectivity index (χ3v) is 4.80. The summed E-state index contributed by atoms with van der Waals surface area (Å²) in [6, 6.07) is 17.8. The first-order chi connectivity index (χ1) is 10.2. The smallest absolute Gasteiger partial charge is 0.134 e. The van der Waals surface area contributed by atoms with Gasteiger partial charge in [-0.2, -0.15) is 11.8 Å². The minimum Gasteiger partial charge on any atom is -0.459 e. The van der Waals surface area contributed by atoms with Crippen molar-refractivity contribution < 1.29 is 4.42 Å². The van der Waals surface area contributed by atoms with E-state index in [1.54, 1.807) is 11.8 Å². The van der Waals surface area contributed by atoms with E-state index >= 15 is 0 Å². The van der Waals surface area contributed by atoms with Crippen molar-refractivity contribution in [1.29, 1.82) is 0 Å². The van der Waals surface area contributed by atoms with Gasteiger partial charge in [-0.3, -0.25) is 0 Å². The molecule has 0 spiro atoms. The highest BCUT2D eigenvalue weighted by molar-refractivity contribution is 7.98. The summed E-state index contributed by atoms with van der Waals surface area (Å²) in [5.74, 6) is 2.49. The van der Waals surface area contributed by atoms with Crippen molar-refractivity contribution in [2.75, 3.05) is 5.75 Å². The third kappa shape index (κ3) is 3.43. The fraction of sp³-hybridized carbons (Fsp3) is 0.176. The number of thioether (sulfide) groups is 1. The Morgan fingerprint density at radius 2 is 1.86 bits per heavy atom. The number of hydrogen-bond acceptors (Lipinski definition) is 3. The SMILES string of the molecule is NC(CSCc1ccccc1Cl)c1cc2ccccc2o1. The summed E-state index contributed by atoms with van der Waals surface area (Å²) >= 11 is 7.91. The largest absolute Gasteiger partial charge is 0.459 e. The summed E-state index contributed by atoms with van der Waals surface area (Å²) in [6.07, 6.45) is 0. The minimum atomic E-state index is -0.107. The Morgan fingerprint density at radius 3 is 2.67 bits per heavy atom. The maximum Gasteiger partial charge on any atom is 0.134 e. The highest BCUT2D eigenvalue weighted by Crippen LogP contribution is 2.27. The first-order valence-corrected chi connectivity index (χ1v) is 8.32. The lowest BCUT2D eigenvalue weighted by atomic mass is 10.2. The van der Waals surface area contributed by atoms with Crippen molar-refractivity contribution in [3.63, 3.8) is 0 Å². The van der Waals surface area contributed by atoms with Crippen LogP contribution in [-0.4, -0.2) is 5.75 Å². The second kappa shape index (κ2) is 6.56. The zero-order valence-corrected chi connectivity index (χ0v) is 13.0. The molecule has 0 aliphatic rings. The van der Waals surface area contributed by atoms with E-state index in [2.05, 4.69) is 0 Å². The number of para-hydroxylation sites is 1. The van der Waals surface area contributed by atoms with E-state index in [0.29, 0.717) is 0 Å². The van der Waals surface area contributed by atoms with Gasteiger partial charge in [0.15, 0.2) is 0 Å². The maximum atomic E-state index is 6.21. The lowest BCUT2D eigenvalue weighted by Gasteiger charge is -2.09. The third-order valence-electron chi connectivity index (χ3n) is 3.32. The fourth-order valence-corrected chi connectivity index (χ4v) is 3.47. The van der Waals surface area contributed by atoms with Gasteiger partial charge in [-0.05, 0) is 23.8 Å². The van der Waals surface area contributed by atoms with Crippen molar-refractivity contribution in [2.24, 2.45) is 5.73 Å². The average molecular weight is 318 g/mol. The molecule has 1 atom stereocenters. The molecule has 0 bridgehead atoms. The van der Waals surface area contributed by atoms with Gasteiger partial charge >= 0.3 is 0 Å². The van der Waals surface area contributed by atoms with Crippen LogP contribution < -0.4 is 5.73 Å². The molecular weight excluding hydrogens is 302 g/mol. The number of hydrogen-bond donors (Lipinski definition) is 1. The lowest BCUT2D eigenvalue weighted by Crippen LogP contribution is -2.12. The molecule has 0 radical (unpaired) electrons. The van der Waals surface area contributed by atoms with Gasteiger partial charge in [0.25, 0.3) is 0 Å². The molecular formula is C17H16ClNOS. The molecule has 0 amide bonds. The van der Waals surface area contributed by atoms with Gasteiger partial charge < -0.3 is 10.2 Å². The van der Waals surface area contributed by atoms with E-state index < -0.39 is 0 Å². The van der Waals surface area contributed by atoms with E-state index in [-0.39, 0.29) is 6.04 Å². The molecule has 2 aromatic carbocycles. The predicted octanol–water partition coefficient (Wildman–Crippen LogP) is 5.02. The molecule has 0 fully saturated rings. The van der Waals surface area contributed by atoms with E-state index in [9.17, 15) is 0 Å². The van der Waals surface area contributed by atoms with Crippen LogP contribution in [0.15, 0.2) is 59.0 Å². The second-order valence-corrected chi connectivity index (χ2v) is 6.34. The van der Waals surface area contributed by atoms with Gasteiger partial charge in [0.05, 0.1) is 6.04 Å². The topological polar surface area (TPSA) is 39.2 Å². The molecule has 0 saturated carbocycles. The predicted molar refractivity (Wildman–Crippen MR) is 90.8 cm³/mol. The Morgan fingerprint density at radius 1 is 1.10 bits per heavy atom. The van der Waals surface area contributed by atoms with Crippen LogP contribution >= 0.6 is 23.4 Å². The highest BCUT2D eigenvalue weighted by atomic mass is 35.5. The van der Waals surface area contributed by atoms with Crippen molar-refractivity contribution in [2.45, 2.75) is 11.8 Å². The molecule has 108 valence electrons. The molecule has 0 aliphatic heterocycles. The van der Waals surface area contributed by atoms with Gasteiger partial charge in [-0.15, -0.1) is 0 Å². The Kier molecular flexibility index (Phi) is 4.54. The molecule has 3 aromatic rings. The molecule has 21 heavy (non-hydrogen) atoms. The van der Waals surface area contributed by atoms with Gasteiger partial charge in [0.2, 0.25) is 0 Å². The van der Waals surface area contributed by atoms with Crippen molar-refractivity contribution in [3.05, 3.63) is 70.9 Å². The first kappa shape index (κ1) is 14.5. The average Bonchev–Trinajstić information content (AvgIpc) is 2.93. The minimum absolute atomic E-state index is 0.107. The van der Waals surface area contributed by atoms with Gasteiger partial charge in [0, 0.05) is 21.9 Å². The quantitative estimate of drug-likeness (QED) is 0.718. The monoisotopic (exact) mass is 317 g/mol. The molecule has 4 heteroatoms. The standard InChI is InChI=1S/C17H16ClNOS/c18-14-7-3-1-6-13(14)10-21-11-15(19)17-9-12-5-2-4-8-16(12)20-17/h1-9,15H,10-11,19H2. The number of halogens is 1. The highest BCUT2D eigenvalue weighted by Gasteiger charge is 2.12. The Bertz CT molecular complexity index is 707. The number of benzene rings is 2. The summed E-state index contributed by atoms with van der Waals surface area (Å²) in [5.41, 5.74) is 8.24. The Labute approximate surface area is 133 Å². The van der Waals surface area contributed by atoms with Crippen molar-refractivity contribution in [3.8, 4) is 0 Å². The van der Waals surface area contributed by atoms with Gasteiger partial charge in [-0.1, -0.05) is 48.0 Å². The number of fused-ring (bicyclic) bond motifs is 1. The van der Waals surface area contributed by atoms with Crippen LogP contribution in [0.2, 0.25) is 5.02 Å². The molecule has 3 rings (SSSR count). The zero-order chi connectivity index (χ0) is 14.7. The normalized spacial score (nSPS) is 12.7. The van der Waals surface area contributed by atoms with Crippen LogP contribution in [0.25, 0.3) is 11.0 Å². The summed E-state index contributed by atoms with van der Waals surface area (Å²) < 4.78 is 5.79. The second-order valence-electron chi connectivity index (χ2n) is 4.90. The van der Waals surface area contributed by atoms with Crippen LogP contribution in [0, 0.1) is 0 Å². The number of rotatable bonds is 5. The molecule has 2 nitrogen and oxygen atoms in total. The van der Waals surface area contributed by atoms with Crippen LogP contribution in [0.5, 0.6) is 0 Å². The number of nitrogens with two attached hydrogens (primary N) is 1. The summed E-state index contributed by atoms with van der Waals surface area (Å²) in [6.45, 7) is 0. The van der Waals surface area contributed by atoms with E-state index in [1.165, 1.54) is 0 Å². The van der Waals surface area contributed by atoms with Crippen LogP contribution in [-0.2, 0) is 5.75 Å². The lowest BCUT2D eigenvalue weighted by molar-refractivity contribution is 0.516. The number of furan rings is 1. The molecule has 2 N–H and O–H groups in total. The van der Waals surface area contributed by atoms with Gasteiger partial charge in [0.1, 0.15) is 11.3 Å². The zero-order valence-electron chi connectivity index (χ0n) is 11.5. The van der Waals surface area contributed by atoms with Gasteiger partial charge in [-0.25, -0.2) is 0 Å². The summed E-state index contributed by atoms with van der Waals surface area (Å²) in [7, 11) is 0. The first-order valence-electron chi connectivity index (χ1n) is 6.79. The Balaban J connectivity index is 1.61. The van der Waals surface area contributed by atoms with Crippen molar-refractivity contribution in [1.82, 2.24) is 0 Å². The fourth-order valence-electron chi connectivity index (χ4n) is 2.18.